The van der Waals surface area contributed by atoms with Crippen LogP contribution < -0.4 is 0 Å². The van der Waals surface area contributed by atoms with Gasteiger partial charge in [0.1, 0.15) is 0 Å². The van der Waals surface area contributed by atoms with Crippen molar-refractivity contribution in [3.63, 3.8) is 0 Å². The zero-order chi connectivity index (χ0) is 14.5. The van der Waals surface area contributed by atoms with E-state index in [2.05, 4.69) is 19.2 Å². The first-order valence-electron chi connectivity index (χ1n) is 6.86. The standard InChI is InChI=1S/C17H24O2/c1-6-11-17(5,16(18)19-7-2)12-10-14(4)15-9-8-13(15)3/h6,12H,1,7-9,11H2,2-5H3/t10?,17-/m1/s1. The van der Waals surface area contributed by atoms with E-state index < -0.39 is 5.41 Å². The molecule has 104 valence electrons. The molecule has 0 bridgehead atoms. The Morgan fingerprint density at radius 3 is 2.63 bits per heavy atom. The van der Waals surface area contributed by atoms with E-state index in [4.69, 9.17) is 4.74 Å². The van der Waals surface area contributed by atoms with Crippen molar-refractivity contribution >= 4 is 5.97 Å². The van der Waals surface area contributed by atoms with Crippen LogP contribution in [0.2, 0.25) is 0 Å². The Morgan fingerprint density at radius 2 is 2.21 bits per heavy atom. The van der Waals surface area contributed by atoms with Crippen LogP contribution in [0.3, 0.4) is 0 Å². The number of esters is 1. The van der Waals surface area contributed by atoms with E-state index in [1.54, 1.807) is 6.08 Å². The summed E-state index contributed by atoms with van der Waals surface area (Å²) in [5, 5.41) is 0. The van der Waals surface area contributed by atoms with Gasteiger partial charge in [-0.3, -0.25) is 4.79 Å². The Morgan fingerprint density at radius 1 is 1.53 bits per heavy atom. The molecule has 0 radical (unpaired) electrons. The number of allylic oxidation sites excluding steroid dienone is 3. The first kappa shape index (κ1) is 15.5. The molecule has 0 N–H and O–H groups in total. The lowest BCUT2D eigenvalue weighted by molar-refractivity contribution is -0.151. The van der Waals surface area contributed by atoms with Crippen molar-refractivity contribution in [2.24, 2.45) is 5.41 Å². The van der Waals surface area contributed by atoms with Crippen LogP contribution in [-0.4, -0.2) is 12.6 Å². The van der Waals surface area contributed by atoms with Crippen LogP contribution in [0, 0.1) is 5.41 Å². The van der Waals surface area contributed by atoms with Gasteiger partial charge < -0.3 is 4.74 Å². The van der Waals surface area contributed by atoms with Crippen LogP contribution in [-0.2, 0) is 9.53 Å². The van der Waals surface area contributed by atoms with Gasteiger partial charge in [-0.25, -0.2) is 0 Å². The molecule has 0 fully saturated rings. The average Bonchev–Trinajstić information content (AvgIpc) is 2.35. The number of hydrogen-bond acceptors (Lipinski definition) is 2. The number of carbonyl (C=O) groups is 1. The van der Waals surface area contributed by atoms with Crippen molar-refractivity contribution in [2.45, 2.75) is 47.0 Å². The summed E-state index contributed by atoms with van der Waals surface area (Å²) in [6, 6.07) is 0. The van der Waals surface area contributed by atoms with E-state index in [0.717, 1.165) is 12.0 Å². The molecule has 0 saturated heterocycles. The number of carbonyl (C=O) groups excluding carboxylic acids is 1. The normalized spacial score (nSPS) is 16.8. The molecule has 2 heteroatoms. The first-order valence-corrected chi connectivity index (χ1v) is 6.86. The van der Waals surface area contributed by atoms with Crippen LogP contribution in [0.4, 0.5) is 0 Å². The molecule has 1 aliphatic carbocycles. The predicted octanol–water partition coefficient (Wildman–Crippen LogP) is 4.34. The van der Waals surface area contributed by atoms with Crippen LogP contribution >= 0.6 is 0 Å². The quantitative estimate of drug-likeness (QED) is 0.403. The van der Waals surface area contributed by atoms with Gasteiger partial charge in [0.15, 0.2) is 0 Å². The van der Waals surface area contributed by atoms with Crippen molar-refractivity contribution < 1.29 is 9.53 Å². The van der Waals surface area contributed by atoms with Crippen molar-refractivity contribution in [2.75, 3.05) is 6.61 Å². The molecule has 0 spiro atoms. The molecule has 0 heterocycles. The van der Waals surface area contributed by atoms with Crippen molar-refractivity contribution in [3.8, 4) is 0 Å². The van der Waals surface area contributed by atoms with Gasteiger partial charge in [0.05, 0.1) is 12.0 Å². The second kappa shape index (κ2) is 6.58. The van der Waals surface area contributed by atoms with Gasteiger partial charge in [-0.15, -0.1) is 12.3 Å². The van der Waals surface area contributed by atoms with Crippen LogP contribution in [0.1, 0.15) is 47.0 Å². The summed E-state index contributed by atoms with van der Waals surface area (Å²) in [6.07, 6.45) is 6.44. The number of hydrogen-bond donors (Lipinski definition) is 0. The molecule has 1 atom stereocenters. The molecule has 1 aliphatic rings. The van der Waals surface area contributed by atoms with E-state index in [1.165, 1.54) is 17.6 Å². The van der Waals surface area contributed by atoms with Crippen LogP contribution in [0.25, 0.3) is 0 Å². The Labute approximate surface area is 116 Å². The molecular weight excluding hydrogens is 236 g/mol. The zero-order valence-electron chi connectivity index (χ0n) is 12.5. The Hall–Kier alpha value is -1.53. The van der Waals surface area contributed by atoms with Crippen LogP contribution in [0.5, 0.6) is 0 Å². The fraction of sp³-hybridized carbons (Fsp3) is 0.529. The highest BCUT2D eigenvalue weighted by molar-refractivity contribution is 5.78. The van der Waals surface area contributed by atoms with E-state index in [0.29, 0.717) is 13.0 Å². The molecule has 19 heavy (non-hydrogen) atoms. The third-order valence-corrected chi connectivity index (χ3v) is 3.64. The van der Waals surface area contributed by atoms with E-state index in [1.807, 2.05) is 26.8 Å². The number of rotatable bonds is 6. The second-order valence-corrected chi connectivity index (χ2v) is 5.30. The topological polar surface area (TPSA) is 26.3 Å². The lowest BCUT2D eigenvalue weighted by atomic mass is 9.83. The fourth-order valence-electron chi connectivity index (χ4n) is 2.16. The number of ether oxygens (including phenoxy) is 1. The fourth-order valence-corrected chi connectivity index (χ4v) is 2.16. The van der Waals surface area contributed by atoms with Gasteiger partial charge in [-0.2, -0.15) is 0 Å². The van der Waals surface area contributed by atoms with Gasteiger partial charge in [0.25, 0.3) is 0 Å². The van der Waals surface area contributed by atoms with Crippen molar-refractivity contribution in [3.05, 3.63) is 41.2 Å². The molecule has 1 rings (SSSR count). The van der Waals surface area contributed by atoms with Gasteiger partial charge >= 0.3 is 5.97 Å². The molecule has 2 nitrogen and oxygen atoms in total. The maximum atomic E-state index is 12.0. The highest BCUT2D eigenvalue weighted by atomic mass is 16.5. The zero-order valence-corrected chi connectivity index (χ0v) is 12.5. The average molecular weight is 260 g/mol. The molecular formula is C17H24O2. The van der Waals surface area contributed by atoms with Gasteiger partial charge in [0, 0.05) is 0 Å². The summed E-state index contributed by atoms with van der Waals surface area (Å²) in [5.74, 6) is -0.213. The maximum Gasteiger partial charge on any atom is 0.316 e. The Kier molecular flexibility index (Phi) is 5.38. The summed E-state index contributed by atoms with van der Waals surface area (Å²) in [6.45, 7) is 12.0. The smallest absolute Gasteiger partial charge is 0.316 e. The Bertz CT molecular complexity index is 462. The summed E-state index contributed by atoms with van der Waals surface area (Å²) in [7, 11) is 0. The molecule has 0 aromatic rings. The molecule has 0 saturated carbocycles. The molecule has 0 aromatic carbocycles. The largest absolute Gasteiger partial charge is 0.465 e. The second-order valence-electron chi connectivity index (χ2n) is 5.30. The van der Waals surface area contributed by atoms with Crippen molar-refractivity contribution in [1.82, 2.24) is 0 Å². The highest BCUT2D eigenvalue weighted by Crippen LogP contribution is 2.33. The van der Waals surface area contributed by atoms with Gasteiger partial charge in [-0.1, -0.05) is 11.6 Å². The van der Waals surface area contributed by atoms with E-state index >= 15 is 0 Å². The van der Waals surface area contributed by atoms with Crippen LogP contribution in [0.15, 0.2) is 41.2 Å². The SMILES string of the molecule is C=CC[C@](C)(C=C=C(C)C1=C(C)CC1)C(=O)OCC. The monoisotopic (exact) mass is 260 g/mol. The lowest BCUT2D eigenvalue weighted by Gasteiger charge is -2.22. The van der Waals surface area contributed by atoms with E-state index in [-0.39, 0.29) is 5.97 Å². The minimum absolute atomic E-state index is 0.213. The van der Waals surface area contributed by atoms with Crippen molar-refractivity contribution in [1.29, 1.82) is 0 Å². The van der Waals surface area contributed by atoms with Gasteiger partial charge in [-0.05, 0) is 64.2 Å². The third kappa shape index (κ3) is 3.71. The maximum absolute atomic E-state index is 12.0. The summed E-state index contributed by atoms with van der Waals surface area (Å²) < 4.78 is 5.13. The molecule has 0 amide bonds. The first-order chi connectivity index (χ1) is 8.94. The molecule has 0 unspecified atom stereocenters. The predicted molar refractivity (Wildman–Crippen MR) is 78.8 cm³/mol. The minimum Gasteiger partial charge on any atom is -0.465 e. The Balaban J connectivity index is 3.01. The van der Waals surface area contributed by atoms with E-state index in [9.17, 15) is 4.79 Å². The molecule has 0 aromatic heterocycles. The lowest BCUT2D eigenvalue weighted by Crippen LogP contribution is -2.27. The van der Waals surface area contributed by atoms with Gasteiger partial charge in [0.2, 0.25) is 0 Å². The summed E-state index contributed by atoms with van der Waals surface area (Å²) in [5.41, 5.74) is 6.53. The summed E-state index contributed by atoms with van der Waals surface area (Å²) in [4.78, 5) is 12.0. The summed E-state index contributed by atoms with van der Waals surface area (Å²) >= 11 is 0. The minimum atomic E-state index is -0.669. The third-order valence-electron chi connectivity index (χ3n) is 3.64. The highest BCUT2D eigenvalue weighted by Gasteiger charge is 2.30. The molecule has 0 aliphatic heterocycles.